The Morgan fingerprint density at radius 3 is 2.95 bits per heavy atom. The Bertz CT molecular complexity index is 800. The minimum absolute atomic E-state index is 0.500. The van der Waals surface area contributed by atoms with Crippen LogP contribution in [0.2, 0.25) is 0 Å². The van der Waals surface area contributed by atoms with E-state index in [1.54, 1.807) is 18.3 Å². The summed E-state index contributed by atoms with van der Waals surface area (Å²) in [5, 5.41) is 17.9. The molecule has 6 heteroatoms. The van der Waals surface area contributed by atoms with E-state index in [2.05, 4.69) is 21.5 Å². The van der Waals surface area contributed by atoms with Crippen LogP contribution in [0.5, 0.6) is 0 Å². The maximum Gasteiger partial charge on any atom is 0.260 e. The number of hydrogen-bond acceptors (Lipinski definition) is 6. The summed E-state index contributed by atoms with van der Waals surface area (Å²) in [5.41, 5.74) is 2.49. The van der Waals surface area contributed by atoms with Crippen molar-refractivity contribution in [3.8, 4) is 17.5 Å². The Balaban J connectivity index is 1.81. The second-order valence-corrected chi connectivity index (χ2v) is 5.46. The summed E-state index contributed by atoms with van der Waals surface area (Å²) >= 11 is 1.56. The zero-order valence-electron chi connectivity index (χ0n) is 11.3. The number of benzene rings is 1. The third-order valence-corrected chi connectivity index (χ3v) is 3.86. The van der Waals surface area contributed by atoms with Crippen LogP contribution in [0.3, 0.4) is 0 Å². The number of hydrogen-bond donors (Lipinski definition) is 1. The molecule has 0 aliphatic heterocycles. The molecule has 0 aliphatic carbocycles. The Labute approximate surface area is 125 Å². The molecule has 0 fully saturated rings. The van der Waals surface area contributed by atoms with Crippen molar-refractivity contribution < 1.29 is 4.52 Å². The molecule has 0 atom stereocenters. The Morgan fingerprint density at radius 1 is 1.38 bits per heavy atom. The molecule has 0 bridgehead atoms. The fraction of sp³-hybridized carbons (Fsp3) is 0.133. The number of para-hydroxylation sites is 1. The van der Waals surface area contributed by atoms with Crippen LogP contribution in [0, 0.1) is 18.3 Å². The quantitative estimate of drug-likeness (QED) is 0.796. The van der Waals surface area contributed by atoms with Crippen molar-refractivity contribution in [3.63, 3.8) is 0 Å². The van der Waals surface area contributed by atoms with Gasteiger partial charge in [0, 0.05) is 22.5 Å². The predicted octanol–water partition coefficient (Wildman–Crippen LogP) is 3.59. The van der Waals surface area contributed by atoms with Crippen LogP contribution in [0.1, 0.15) is 16.3 Å². The maximum atomic E-state index is 8.84. The first-order valence-corrected chi connectivity index (χ1v) is 7.25. The molecule has 3 aromatic rings. The molecule has 0 unspecified atom stereocenters. The van der Waals surface area contributed by atoms with Crippen LogP contribution in [0.4, 0.5) is 5.69 Å². The monoisotopic (exact) mass is 296 g/mol. The lowest BCUT2D eigenvalue weighted by Crippen LogP contribution is -1.99. The van der Waals surface area contributed by atoms with E-state index in [0.29, 0.717) is 23.8 Å². The number of nitriles is 1. The number of rotatable bonds is 4. The maximum absolute atomic E-state index is 8.84. The number of thiophene rings is 1. The largest absolute Gasteiger partial charge is 0.380 e. The summed E-state index contributed by atoms with van der Waals surface area (Å²) in [6.45, 7) is 2.44. The van der Waals surface area contributed by atoms with Crippen LogP contribution in [-0.2, 0) is 6.54 Å². The molecule has 3 rings (SSSR count). The van der Waals surface area contributed by atoms with Crippen LogP contribution < -0.4 is 5.32 Å². The molecule has 0 aliphatic rings. The van der Waals surface area contributed by atoms with Gasteiger partial charge in [0.25, 0.3) is 5.89 Å². The normalized spacial score (nSPS) is 10.3. The lowest BCUT2D eigenvalue weighted by Gasteiger charge is -2.08. The zero-order valence-corrected chi connectivity index (χ0v) is 12.1. The average molecular weight is 296 g/mol. The van der Waals surface area contributed by atoms with Crippen molar-refractivity contribution in [1.82, 2.24) is 10.1 Å². The number of nitrogens with one attached hydrogen (secondary N) is 1. The van der Waals surface area contributed by atoms with Gasteiger partial charge in [-0.05, 0) is 25.1 Å². The molecule has 0 saturated carbocycles. The van der Waals surface area contributed by atoms with Crippen molar-refractivity contribution in [3.05, 3.63) is 52.0 Å². The van der Waals surface area contributed by atoms with Gasteiger partial charge in [-0.1, -0.05) is 17.3 Å². The molecule has 0 amide bonds. The minimum atomic E-state index is 0.500. The lowest BCUT2D eigenvalue weighted by molar-refractivity contribution is 0.426. The third-order valence-electron chi connectivity index (χ3n) is 2.92. The van der Waals surface area contributed by atoms with E-state index in [1.165, 1.54) is 0 Å². The highest BCUT2D eigenvalue weighted by atomic mass is 32.1. The highest BCUT2D eigenvalue weighted by molar-refractivity contribution is 7.10. The minimum Gasteiger partial charge on any atom is -0.380 e. The summed E-state index contributed by atoms with van der Waals surface area (Å²) in [5.74, 6) is 1.11. The van der Waals surface area contributed by atoms with Gasteiger partial charge in [0.1, 0.15) is 6.07 Å². The van der Waals surface area contributed by atoms with Crippen LogP contribution >= 0.6 is 11.3 Å². The third kappa shape index (κ3) is 2.93. The van der Waals surface area contributed by atoms with Gasteiger partial charge >= 0.3 is 0 Å². The van der Waals surface area contributed by atoms with Crippen molar-refractivity contribution in [2.45, 2.75) is 13.5 Å². The summed E-state index contributed by atoms with van der Waals surface area (Å²) in [6.07, 6.45) is 0. The molecular weight excluding hydrogens is 284 g/mol. The van der Waals surface area contributed by atoms with Gasteiger partial charge < -0.3 is 9.84 Å². The van der Waals surface area contributed by atoms with Gasteiger partial charge in [-0.15, -0.1) is 11.3 Å². The van der Waals surface area contributed by atoms with Crippen LogP contribution in [-0.4, -0.2) is 10.1 Å². The topological polar surface area (TPSA) is 74.7 Å². The zero-order chi connectivity index (χ0) is 14.7. The van der Waals surface area contributed by atoms with Gasteiger partial charge in [-0.2, -0.15) is 10.2 Å². The van der Waals surface area contributed by atoms with Gasteiger partial charge in [-0.25, -0.2) is 0 Å². The molecule has 104 valence electrons. The van der Waals surface area contributed by atoms with E-state index in [1.807, 2.05) is 35.7 Å². The predicted molar refractivity (Wildman–Crippen MR) is 80.8 cm³/mol. The molecule has 0 spiro atoms. The van der Waals surface area contributed by atoms with E-state index in [4.69, 9.17) is 9.78 Å². The van der Waals surface area contributed by atoms with E-state index in [9.17, 15) is 0 Å². The average Bonchev–Trinajstić information content (AvgIpc) is 3.14. The van der Waals surface area contributed by atoms with E-state index in [-0.39, 0.29) is 0 Å². The van der Waals surface area contributed by atoms with E-state index < -0.39 is 0 Å². The number of aromatic nitrogens is 2. The molecule has 5 nitrogen and oxygen atoms in total. The van der Waals surface area contributed by atoms with E-state index in [0.717, 1.165) is 16.1 Å². The molecule has 2 heterocycles. The van der Waals surface area contributed by atoms with Gasteiger partial charge in [-0.3, -0.25) is 0 Å². The fourth-order valence-electron chi connectivity index (χ4n) is 1.94. The highest BCUT2D eigenvalue weighted by Gasteiger charge is 2.11. The molecular formula is C15H12N4OS. The molecule has 0 radical (unpaired) electrons. The van der Waals surface area contributed by atoms with Gasteiger partial charge in [0.2, 0.25) is 0 Å². The Morgan fingerprint density at radius 2 is 2.24 bits per heavy atom. The second-order valence-electron chi connectivity index (χ2n) is 4.46. The lowest BCUT2D eigenvalue weighted by atomic mass is 10.1. The standard InChI is InChI=1S/C15H12N4OS/c1-10-18-15(20-19-10)13-4-2-3-5-14(13)17-8-12-6-11(7-16)9-21-12/h2-6,9,17H,8H2,1H3. The Hall–Kier alpha value is -2.65. The summed E-state index contributed by atoms with van der Waals surface area (Å²) < 4.78 is 5.22. The fourth-order valence-corrected chi connectivity index (χ4v) is 2.69. The highest BCUT2D eigenvalue weighted by Crippen LogP contribution is 2.27. The SMILES string of the molecule is Cc1noc(-c2ccccc2NCc2cc(C#N)cs2)n1. The van der Waals surface area contributed by atoms with Crippen molar-refractivity contribution >= 4 is 17.0 Å². The number of aryl methyl sites for hydroxylation is 1. The summed E-state index contributed by atoms with van der Waals surface area (Å²) in [6, 6.07) is 11.8. The van der Waals surface area contributed by atoms with Crippen molar-refractivity contribution in [2.24, 2.45) is 0 Å². The molecule has 2 aromatic heterocycles. The van der Waals surface area contributed by atoms with Crippen LogP contribution in [0.25, 0.3) is 11.5 Å². The summed E-state index contributed by atoms with van der Waals surface area (Å²) in [7, 11) is 0. The van der Waals surface area contributed by atoms with Crippen molar-refractivity contribution in [2.75, 3.05) is 5.32 Å². The smallest absolute Gasteiger partial charge is 0.260 e. The first kappa shape index (κ1) is 13.3. The van der Waals surface area contributed by atoms with Crippen LogP contribution in [0.15, 0.2) is 40.2 Å². The second kappa shape index (κ2) is 5.77. The first-order chi connectivity index (χ1) is 10.3. The molecule has 0 saturated heterocycles. The summed E-state index contributed by atoms with van der Waals surface area (Å²) in [4.78, 5) is 5.36. The molecule has 1 N–H and O–H groups in total. The van der Waals surface area contributed by atoms with Gasteiger partial charge in [0.05, 0.1) is 11.1 Å². The first-order valence-electron chi connectivity index (χ1n) is 6.37. The van der Waals surface area contributed by atoms with Gasteiger partial charge in [0.15, 0.2) is 5.82 Å². The molecule has 21 heavy (non-hydrogen) atoms. The van der Waals surface area contributed by atoms with E-state index >= 15 is 0 Å². The van der Waals surface area contributed by atoms with Crippen molar-refractivity contribution in [1.29, 1.82) is 5.26 Å². The number of anilines is 1. The molecule has 1 aromatic carbocycles. The Kier molecular flexibility index (Phi) is 3.67. The number of nitrogens with zero attached hydrogens (tertiary/aromatic N) is 3.